The van der Waals surface area contributed by atoms with E-state index < -0.39 is 26.3 Å². The molecule has 0 aliphatic carbocycles. The molecule has 1 unspecified atom stereocenters. The van der Waals surface area contributed by atoms with Gasteiger partial charge in [-0.25, -0.2) is 0 Å². The quantitative estimate of drug-likeness (QED) is 0.378. The Hall–Kier alpha value is 0.490. The molecule has 7 heteroatoms. The van der Waals surface area contributed by atoms with Crippen LogP contribution in [0.15, 0.2) is 0 Å². The van der Waals surface area contributed by atoms with Crippen molar-refractivity contribution in [2.24, 2.45) is 11.5 Å². The Labute approximate surface area is 58.1 Å². The van der Waals surface area contributed by atoms with E-state index in [0.717, 1.165) is 0 Å². The lowest BCUT2D eigenvalue weighted by Crippen LogP contribution is -4.24. The smallest absolute Gasteiger partial charge is 0.326 e. The van der Waals surface area contributed by atoms with Crippen LogP contribution in [0.25, 0.3) is 0 Å². The van der Waals surface area contributed by atoms with Crippen LogP contribution < -0.4 is 41.9 Å². The highest BCUT2D eigenvalue weighted by atomic mass is 127. The van der Waals surface area contributed by atoms with Gasteiger partial charge in [0.25, 0.3) is 0 Å². The number of halogens is 1. The Kier molecular flexibility index (Phi) is 3.80. The van der Waals surface area contributed by atoms with E-state index in [9.17, 15) is 10.3 Å². The van der Waals surface area contributed by atoms with E-state index in [1.54, 1.807) is 0 Å². The number of hydrogen-bond acceptors (Lipinski definition) is 6. The zero-order chi connectivity index (χ0) is 7.49. The molecule has 0 aromatic heterocycles. The molecular weight excluding hydrogens is 243 g/mol. The van der Waals surface area contributed by atoms with E-state index >= 15 is 0 Å². The number of hydrogen-bond donors (Lipinski definition) is 2. The van der Waals surface area contributed by atoms with Crippen LogP contribution in [0.2, 0.25) is 0 Å². The largest absolute Gasteiger partial charge is 0.375 e. The molecule has 4 N–H and O–H groups in total. The molecule has 0 radical (unpaired) electrons. The van der Waals surface area contributed by atoms with Gasteiger partial charge < -0.3 is 5.73 Å². The van der Waals surface area contributed by atoms with E-state index in [-0.39, 0.29) is 6.54 Å². The topological polar surface area (TPSA) is 130 Å². The van der Waals surface area contributed by atoms with Crippen molar-refractivity contribution < 1.29 is 33.5 Å². The summed E-state index contributed by atoms with van der Waals surface area (Å²) >= 11 is -5.57. The van der Waals surface area contributed by atoms with Gasteiger partial charge in [0, 0.05) is 6.54 Å². The Balaban J connectivity index is 3.47. The third kappa shape index (κ3) is 6.37. The van der Waals surface area contributed by atoms with Crippen LogP contribution in [-0.2, 0) is 3.07 Å². The summed E-state index contributed by atoms with van der Waals surface area (Å²) in [5.74, 6) is 0. The van der Waals surface area contributed by atoms with Crippen LogP contribution in [0.4, 0.5) is 0 Å². The van der Waals surface area contributed by atoms with Gasteiger partial charge in [-0.1, -0.05) is 0 Å². The van der Waals surface area contributed by atoms with E-state index in [1.165, 1.54) is 0 Å². The van der Waals surface area contributed by atoms with Gasteiger partial charge in [0.2, 0.25) is 6.23 Å². The maximum Gasteiger partial charge on any atom is 0.375 e. The van der Waals surface area contributed by atoms with Crippen LogP contribution in [0, 0.1) is 0 Å². The second kappa shape index (κ2) is 3.61. The van der Waals surface area contributed by atoms with Crippen molar-refractivity contribution in [3.63, 3.8) is 0 Å². The maximum absolute atomic E-state index is 9.78. The lowest BCUT2D eigenvalue weighted by molar-refractivity contribution is -1.92. The molecule has 0 bridgehead atoms. The Morgan fingerprint density at radius 2 is 1.89 bits per heavy atom. The third-order valence-corrected chi connectivity index (χ3v) is 1.73. The summed E-state index contributed by atoms with van der Waals surface area (Å²) in [6, 6.07) is 0. The molecule has 6 nitrogen and oxygen atoms in total. The van der Waals surface area contributed by atoms with E-state index in [4.69, 9.17) is 11.5 Å². The first-order valence-corrected chi connectivity index (χ1v) is 5.53. The zero-order valence-corrected chi connectivity index (χ0v) is 6.61. The van der Waals surface area contributed by atoms with Crippen LogP contribution >= 0.6 is 0 Å². The minimum absolute atomic E-state index is 0.183. The minimum atomic E-state index is -5.57. The van der Waals surface area contributed by atoms with Gasteiger partial charge in [-0.3, -0.25) is 16.0 Å². The normalized spacial score (nSPS) is 15.7. The standard InChI is InChI=1S/C2H7IN2O4/c4-1-2(5)9-3(6,7)8/h2H,1,4-5H2. The molecule has 0 saturated carbocycles. The van der Waals surface area contributed by atoms with Gasteiger partial charge in [-0.15, -0.1) is 0 Å². The van der Waals surface area contributed by atoms with Crippen LogP contribution in [0.1, 0.15) is 0 Å². The van der Waals surface area contributed by atoms with Gasteiger partial charge in [0.15, 0.2) is 0 Å². The van der Waals surface area contributed by atoms with Gasteiger partial charge >= 0.3 is 20.1 Å². The maximum atomic E-state index is 9.78. The van der Waals surface area contributed by atoms with Crippen LogP contribution in [0.3, 0.4) is 0 Å². The minimum Gasteiger partial charge on any atom is -0.326 e. The second-order valence-electron chi connectivity index (χ2n) is 1.24. The van der Waals surface area contributed by atoms with Crippen molar-refractivity contribution in [3.05, 3.63) is 0 Å². The summed E-state index contributed by atoms with van der Waals surface area (Å²) in [7, 11) is 0. The number of nitrogens with two attached hydrogens (primary N) is 2. The molecule has 56 valence electrons. The summed E-state index contributed by atoms with van der Waals surface area (Å²) in [5, 5.41) is 0. The van der Waals surface area contributed by atoms with E-state index in [0.29, 0.717) is 0 Å². The molecule has 0 heterocycles. The van der Waals surface area contributed by atoms with Crippen LogP contribution in [0.5, 0.6) is 0 Å². The number of rotatable bonds is 3. The Morgan fingerprint density at radius 3 is 2.00 bits per heavy atom. The molecule has 0 aromatic carbocycles. The SMILES string of the molecule is NCC(N)O[I+3]([O-])([O-])[O-]. The molecule has 0 spiro atoms. The van der Waals surface area contributed by atoms with Crippen LogP contribution in [-0.4, -0.2) is 12.8 Å². The van der Waals surface area contributed by atoms with E-state index in [2.05, 4.69) is 3.07 Å². The monoisotopic (exact) mass is 250 g/mol. The molecule has 0 aliphatic rings. The summed E-state index contributed by atoms with van der Waals surface area (Å²) in [6.45, 7) is -0.183. The first kappa shape index (κ1) is 9.49. The highest BCUT2D eigenvalue weighted by Gasteiger charge is 2.30. The Bertz CT molecular complexity index is 83.1. The van der Waals surface area contributed by atoms with E-state index in [1.807, 2.05) is 0 Å². The molecule has 1 atom stereocenters. The molecule has 9 heavy (non-hydrogen) atoms. The van der Waals surface area contributed by atoms with Crippen molar-refractivity contribution in [1.82, 2.24) is 0 Å². The first-order chi connectivity index (χ1) is 3.95. The molecule has 0 rings (SSSR count). The molecule has 0 fully saturated rings. The van der Waals surface area contributed by atoms with Crippen molar-refractivity contribution in [3.8, 4) is 0 Å². The van der Waals surface area contributed by atoms with Gasteiger partial charge in [-0.05, 0) is 0 Å². The zero-order valence-electron chi connectivity index (χ0n) is 4.45. The fourth-order valence-electron chi connectivity index (χ4n) is 0.177. The fourth-order valence-corrected chi connectivity index (χ4v) is 1.18. The molecule has 0 saturated heterocycles. The highest BCUT2D eigenvalue weighted by molar-refractivity contribution is 4.39. The predicted molar refractivity (Wildman–Crippen MR) is 18.1 cm³/mol. The lowest BCUT2D eigenvalue weighted by atomic mass is 10.6. The van der Waals surface area contributed by atoms with Gasteiger partial charge in [0.05, 0.1) is 3.07 Å². The van der Waals surface area contributed by atoms with Crippen molar-refractivity contribution in [2.45, 2.75) is 6.23 Å². The summed E-state index contributed by atoms with van der Waals surface area (Å²) in [4.78, 5) is 0. The fraction of sp³-hybridized carbons (Fsp3) is 1.00. The summed E-state index contributed by atoms with van der Waals surface area (Å²) in [5.41, 5.74) is 9.70. The molecule has 0 amide bonds. The third-order valence-electron chi connectivity index (χ3n) is 0.456. The summed E-state index contributed by atoms with van der Waals surface area (Å²) in [6.07, 6.45) is -1.19. The van der Waals surface area contributed by atoms with Crippen molar-refractivity contribution in [2.75, 3.05) is 6.54 Å². The highest BCUT2D eigenvalue weighted by Crippen LogP contribution is 1.60. The predicted octanol–water partition coefficient (Wildman–Crippen LogP) is -7.85. The second-order valence-corrected chi connectivity index (χ2v) is 3.91. The summed E-state index contributed by atoms with van der Waals surface area (Å²) < 4.78 is 33.1. The lowest BCUT2D eigenvalue weighted by Gasteiger charge is -2.08. The van der Waals surface area contributed by atoms with Gasteiger partial charge in [0.1, 0.15) is 0 Å². The van der Waals surface area contributed by atoms with Gasteiger partial charge in [-0.2, -0.15) is 0 Å². The van der Waals surface area contributed by atoms with Crippen molar-refractivity contribution >= 4 is 0 Å². The molecule has 0 aliphatic heterocycles. The average Bonchev–Trinajstić information content (AvgIpc) is 1.62. The molecule has 0 aromatic rings. The Morgan fingerprint density at radius 1 is 1.44 bits per heavy atom. The first-order valence-electron chi connectivity index (χ1n) is 2.00. The average molecular weight is 250 g/mol. The molecular formula is C2H7IN2O4. The van der Waals surface area contributed by atoms with Crippen molar-refractivity contribution in [1.29, 1.82) is 0 Å².